The molecule has 0 saturated carbocycles. The lowest BCUT2D eigenvalue weighted by Crippen LogP contribution is -2.53. The predicted octanol–water partition coefficient (Wildman–Crippen LogP) is 14.4. The number of rotatable bonds is 1. The highest BCUT2D eigenvalue weighted by Crippen LogP contribution is 2.44. The van der Waals surface area contributed by atoms with Gasteiger partial charge in [0.05, 0.1) is 24.5 Å². The molecule has 3 aromatic rings. The van der Waals surface area contributed by atoms with Gasteiger partial charge in [-0.25, -0.2) is 24.0 Å². The molecule has 5 aliphatic rings. The van der Waals surface area contributed by atoms with Gasteiger partial charge in [0, 0.05) is 57.9 Å². The molecule has 0 aliphatic carbocycles. The Balaban J connectivity index is 0.000000341. The smallest absolute Gasteiger partial charge is 0.412 e. The first-order valence-electron chi connectivity index (χ1n) is 25.2. The van der Waals surface area contributed by atoms with Crippen molar-refractivity contribution in [2.24, 2.45) is 0 Å². The number of halogens is 4. The molecule has 21 heteroatoms. The third kappa shape index (κ3) is 21.4. The number of carbonyl (C=O) groups is 6. The number of fused-ring (bicyclic) bond motifs is 4. The number of benzene rings is 3. The molecular formula is C54H78Cl4N6O11. The second kappa shape index (κ2) is 29.4. The lowest BCUT2D eigenvalue weighted by molar-refractivity contribution is -0.122. The maximum absolute atomic E-state index is 12.4. The summed E-state index contributed by atoms with van der Waals surface area (Å²) in [4.78, 5) is 73.0. The molecular weight excluding hydrogens is 1050 g/mol. The van der Waals surface area contributed by atoms with Gasteiger partial charge < -0.3 is 38.8 Å². The average Bonchev–Trinajstić information content (AvgIpc) is 3.31. The van der Waals surface area contributed by atoms with E-state index in [2.05, 4.69) is 21.3 Å². The van der Waals surface area contributed by atoms with Gasteiger partial charge in [0.1, 0.15) is 16.8 Å². The molecule has 2 spiro atoms. The van der Waals surface area contributed by atoms with E-state index in [4.69, 9.17) is 58.5 Å². The number of nitrogens with zero attached hydrogens (tertiary/aromatic N) is 2. The fourth-order valence-electron chi connectivity index (χ4n) is 8.02. The Morgan fingerprint density at radius 3 is 1.55 bits per heavy atom. The number of piperidine rings is 3. The summed E-state index contributed by atoms with van der Waals surface area (Å²) in [6.07, 6.45) is 2.33. The van der Waals surface area contributed by atoms with Crippen molar-refractivity contribution < 1.29 is 52.5 Å². The van der Waals surface area contributed by atoms with Gasteiger partial charge in [-0.15, -0.1) is 12.4 Å². The van der Waals surface area contributed by atoms with E-state index in [-0.39, 0.29) is 43.5 Å². The van der Waals surface area contributed by atoms with Crippen LogP contribution in [0.1, 0.15) is 140 Å². The van der Waals surface area contributed by atoms with Crippen LogP contribution in [0.5, 0.6) is 0 Å². The van der Waals surface area contributed by atoms with Crippen molar-refractivity contribution in [3.8, 4) is 0 Å². The number of carbonyl (C=O) groups excluding carboxylic acids is 6. The van der Waals surface area contributed by atoms with E-state index >= 15 is 0 Å². The monoisotopic (exact) mass is 1130 g/mol. The summed E-state index contributed by atoms with van der Waals surface area (Å²) in [5, 5.41) is 13.1. The quantitative estimate of drug-likeness (QED) is 0.168. The van der Waals surface area contributed by atoms with Crippen LogP contribution in [-0.4, -0.2) is 102 Å². The Morgan fingerprint density at radius 1 is 0.613 bits per heavy atom. The Labute approximate surface area is 464 Å². The molecule has 2 atom stereocenters. The van der Waals surface area contributed by atoms with E-state index < -0.39 is 46.3 Å². The Morgan fingerprint density at radius 2 is 1.07 bits per heavy atom. The minimum absolute atomic E-state index is 0. The molecule has 418 valence electrons. The summed E-state index contributed by atoms with van der Waals surface area (Å²) in [6, 6.07) is 17.6. The molecule has 3 saturated heterocycles. The second-order valence-electron chi connectivity index (χ2n) is 20.4. The first-order chi connectivity index (χ1) is 34.6. The molecule has 5 heterocycles. The molecule has 3 aromatic carbocycles. The van der Waals surface area contributed by atoms with E-state index in [1.807, 2.05) is 102 Å². The maximum atomic E-state index is 12.4. The van der Waals surface area contributed by atoms with E-state index in [0.717, 1.165) is 42.6 Å². The van der Waals surface area contributed by atoms with Crippen LogP contribution < -0.4 is 21.3 Å². The summed E-state index contributed by atoms with van der Waals surface area (Å²) >= 11 is 17.9. The van der Waals surface area contributed by atoms with Gasteiger partial charge in [0.2, 0.25) is 0 Å². The van der Waals surface area contributed by atoms with E-state index in [9.17, 15) is 28.8 Å². The van der Waals surface area contributed by atoms with Gasteiger partial charge in [-0.2, -0.15) is 0 Å². The molecule has 0 bridgehead atoms. The van der Waals surface area contributed by atoms with Crippen molar-refractivity contribution in [3.05, 3.63) is 86.9 Å². The SMILES string of the molecule is CC.CC.CC(C)(C)OC(=O)N1CCCC(=O)C1.CC(C)(C)OC(=O)N1CCC[C@@]2(C1)OC(=O)Nc1ccc(Cl)cc12.CC(C)(C)OC(=O)Nc1ccc(Cl)cc1.Cl.O=C1Nc2ccc(Cl)cc2[C@@]2(CCCNC2)O1. The molecule has 0 aromatic heterocycles. The average molecular weight is 1130 g/mol. The number of anilines is 3. The zero-order chi connectivity index (χ0) is 55.7. The molecule has 0 unspecified atom stereocenters. The van der Waals surface area contributed by atoms with Gasteiger partial charge in [-0.05, 0) is 162 Å². The van der Waals surface area contributed by atoms with Gasteiger partial charge in [-0.3, -0.25) is 20.7 Å². The number of hydrogen-bond donors (Lipinski definition) is 4. The molecule has 75 heavy (non-hydrogen) atoms. The van der Waals surface area contributed by atoms with Gasteiger partial charge in [-0.1, -0.05) is 62.5 Å². The third-order valence-corrected chi connectivity index (χ3v) is 11.6. The van der Waals surface area contributed by atoms with Crippen molar-refractivity contribution in [3.63, 3.8) is 0 Å². The van der Waals surface area contributed by atoms with E-state index in [1.165, 1.54) is 4.90 Å². The minimum Gasteiger partial charge on any atom is -0.444 e. The summed E-state index contributed by atoms with van der Waals surface area (Å²) in [7, 11) is 0. The first-order valence-corrected chi connectivity index (χ1v) is 26.3. The van der Waals surface area contributed by atoms with Crippen molar-refractivity contribution in [2.45, 2.75) is 157 Å². The number of ether oxygens (including phenoxy) is 5. The zero-order valence-electron chi connectivity index (χ0n) is 45.7. The van der Waals surface area contributed by atoms with Gasteiger partial charge >= 0.3 is 30.5 Å². The molecule has 0 radical (unpaired) electrons. The highest BCUT2D eigenvalue weighted by molar-refractivity contribution is 6.31. The second-order valence-corrected chi connectivity index (χ2v) is 21.7. The van der Waals surface area contributed by atoms with Gasteiger partial charge in [0.25, 0.3) is 0 Å². The van der Waals surface area contributed by atoms with Crippen molar-refractivity contribution in [1.29, 1.82) is 0 Å². The fourth-order valence-corrected chi connectivity index (χ4v) is 8.49. The summed E-state index contributed by atoms with van der Waals surface area (Å²) in [5.41, 5.74) is 0.893. The number of hydrogen-bond acceptors (Lipinski definition) is 12. The topological polar surface area (TPSA) is 203 Å². The van der Waals surface area contributed by atoms with Gasteiger partial charge in [0.15, 0.2) is 17.0 Å². The molecule has 5 aliphatic heterocycles. The number of nitrogens with one attached hydrogen (secondary N) is 4. The van der Waals surface area contributed by atoms with E-state index in [1.54, 1.807) is 53.4 Å². The van der Waals surface area contributed by atoms with Crippen LogP contribution in [0.2, 0.25) is 15.1 Å². The molecule has 8 rings (SSSR count). The van der Waals surface area contributed by atoms with Crippen LogP contribution in [0.4, 0.5) is 41.0 Å². The largest absolute Gasteiger partial charge is 0.444 e. The first kappa shape index (κ1) is 65.9. The van der Waals surface area contributed by atoms with E-state index in [0.29, 0.717) is 65.3 Å². The maximum Gasteiger partial charge on any atom is 0.412 e. The summed E-state index contributed by atoms with van der Waals surface area (Å²) in [6.45, 7) is 27.6. The highest BCUT2D eigenvalue weighted by Gasteiger charge is 2.47. The van der Waals surface area contributed by atoms with Crippen LogP contribution >= 0.6 is 47.2 Å². The Hall–Kier alpha value is -5.20. The van der Waals surface area contributed by atoms with Crippen LogP contribution in [0.15, 0.2) is 60.7 Å². The van der Waals surface area contributed by atoms with Crippen LogP contribution in [0.3, 0.4) is 0 Å². The van der Waals surface area contributed by atoms with Crippen molar-refractivity contribution >= 4 is 101 Å². The number of Topliss-reactive ketones (excluding diaryl/α,β-unsaturated/α-hetero) is 1. The molecule has 3 fully saturated rings. The number of ketones is 1. The normalized spacial score (nSPS) is 19.4. The van der Waals surface area contributed by atoms with Crippen LogP contribution in [0.25, 0.3) is 0 Å². The van der Waals surface area contributed by atoms with Crippen molar-refractivity contribution in [2.75, 3.05) is 55.2 Å². The number of amides is 5. The molecule has 17 nitrogen and oxygen atoms in total. The lowest BCUT2D eigenvalue weighted by Gasteiger charge is -2.45. The predicted molar refractivity (Wildman–Crippen MR) is 299 cm³/mol. The minimum atomic E-state index is -0.891. The zero-order valence-corrected chi connectivity index (χ0v) is 48.8. The highest BCUT2D eigenvalue weighted by atomic mass is 35.5. The number of likely N-dealkylation sites (tertiary alicyclic amines) is 2. The molecule has 4 N–H and O–H groups in total. The van der Waals surface area contributed by atoms with Crippen LogP contribution in [-0.2, 0) is 39.7 Å². The third-order valence-electron chi connectivity index (χ3n) is 10.8. The molecule has 5 amide bonds. The standard InChI is InChI=1S/C17H21ClN2O4.C12H13ClN2O2.C11H14ClNO2.C10H17NO3.2C2H6.ClH/c1-16(2,3)24-15(22)20-8-4-7-17(10-20)12-9-11(18)5-6-13(12)19-14(21)23-17;13-8-2-3-10-9(6-8)12(17-11(16)15-10)4-1-5-14-7-12;1-11(2,3)15-10(14)13-9-6-4-8(12)5-7-9;1-10(2,3)14-9(13)11-6-4-5-8(12)7-11;2*1-2;/h5-6,9H,4,7-8,10H2,1-3H3,(H,19,21);2-3,6,14H,1,4-5,7H2,(H,15,16);4-7H,1-3H3,(H,13,14);4-7H2,1-3H3;2*1-2H3;1H/t17-;12-;;;;;/m00...../s1. The summed E-state index contributed by atoms with van der Waals surface area (Å²) < 4.78 is 26.9. The Kier molecular flexibility index (Phi) is 25.8. The Bertz CT molecular complexity index is 2380. The van der Waals surface area contributed by atoms with Crippen LogP contribution in [0, 0.1) is 0 Å². The van der Waals surface area contributed by atoms with Crippen molar-refractivity contribution in [1.82, 2.24) is 15.1 Å². The fraction of sp³-hybridized carbons (Fsp3) is 0.556. The lowest BCUT2D eigenvalue weighted by atomic mass is 9.83. The summed E-state index contributed by atoms with van der Waals surface area (Å²) in [5.74, 6) is 0.113.